The molecule has 0 bridgehead atoms. The van der Waals surface area contributed by atoms with Crippen LogP contribution >= 0.6 is 0 Å². The van der Waals surface area contributed by atoms with Crippen LogP contribution in [0.5, 0.6) is 28.7 Å². The van der Waals surface area contributed by atoms with Crippen molar-refractivity contribution < 1.29 is 28.5 Å². The zero-order valence-electron chi connectivity index (χ0n) is 21.6. The zero-order valence-corrected chi connectivity index (χ0v) is 21.6. The van der Waals surface area contributed by atoms with Gasteiger partial charge in [0.05, 0.1) is 19.6 Å². The summed E-state index contributed by atoms with van der Waals surface area (Å²) in [6.45, 7) is 4.61. The van der Waals surface area contributed by atoms with Crippen LogP contribution < -0.4 is 29.4 Å². The number of hydrogen-bond acceptors (Lipinski definition) is 8. The van der Waals surface area contributed by atoms with Gasteiger partial charge in [-0.1, -0.05) is 32.0 Å². The number of allylic oxidation sites excluding steroid dienone is 1. The molecule has 0 radical (unpaired) electrons. The van der Waals surface area contributed by atoms with Gasteiger partial charge in [0.1, 0.15) is 40.4 Å². The summed E-state index contributed by atoms with van der Waals surface area (Å²) in [6, 6.07) is 21.7. The first-order chi connectivity index (χ1) is 18.4. The fourth-order valence-corrected chi connectivity index (χ4v) is 4.01. The molecule has 0 aliphatic carbocycles. The van der Waals surface area contributed by atoms with Crippen molar-refractivity contribution in [2.45, 2.75) is 26.2 Å². The summed E-state index contributed by atoms with van der Waals surface area (Å²) >= 11 is 0. The van der Waals surface area contributed by atoms with Crippen LogP contribution in [-0.2, 0) is 4.79 Å². The monoisotopic (exact) mass is 514 g/mol. The molecule has 0 amide bonds. The molecule has 1 heterocycles. The van der Waals surface area contributed by atoms with E-state index in [4.69, 9.17) is 29.4 Å². The second-order valence-corrected chi connectivity index (χ2v) is 9.17. The predicted molar refractivity (Wildman–Crippen MR) is 141 cm³/mol. The summed E-state index contributed by atoms with van der Waals surface area (Å²) in [5.74, 6) is 2.08. The third-order valence-corrected chi connectivity index (χ3v) is 5.99. The average molecular weight is 515 g/mol. The standard InChI is InChI=1S/C30H30N2O6/c1-19(2)13-14-35-23-6-4-5-20(15-23)29-25-12-11-24(16-27(25)38-30(32)26(29)17-31)37-28(33)18-36-22-9-7-21(34-3)8-10-22/h4-12,15-16,19,29H,13-14,18,32H2,1-3H3. The number of carbonyl (C=O) groups is 1. The molecule has 1 aliphatic rings. The number of rotatable bonds is 10. The van der Waals surface area contributed by atoms with Crippen molar-refractivity contribution >= 4 is 5.97 Å². The van der Waals surface area contributed by atoms with Gasteiger partial charge in [0.25, 0.3) is 0 Å². The largest absolute Gasteiger partial charge is 0.497 e. The van der Waals surface area contributed by atoms with Crippen molar-refractivity contribution in [3.05, 3.63) is 89.3 Å². The summed E-state index contributed by atoms with van der Waals surface area (Å²) in [7, 11) is 1.57. The number of carbonyl (C=O) groups excluding carboxylic acids is 1. The molecule has 0 saturated heterocycles. The zero-order chi connectivity index (χ0) is 27.1. The molecule has 0 fully saturated rings. The SMILES string of the molecule is COc1ccc(OCC(=O)Oc2ccc3c(c2)OC(N)=C(C#N)C3c2cccc(OCCC(C)C)c2)cc1. The molecule has 0 spiro atoms. The number of ether oxygens (including phenoxy) is 5. The predicted octanol–water partition coefficient (Wildman–Crippen LogP) is 5.32. The highest BCUT2D eigenvalue weighted by Gasteiger charge is 2.31. The Labute approximate surface area is 222 Å². The summed E-state index contributed by atoms with van der Waals surface area (Å²) in [5, 5.41) is 9.86. The van der Waals surface area contributed by atoms with Crippen LogP contribution in [0.3, 0.4) is 0 Å². The van der Waals surface area contributed by atoms with E-state index in [9.17, 15) is 10.1 Å². The van der Waals surface area contributed by atoms with E-state index in [0.29, 0.717) is 35.3 Å². The lowest BCUT2D eigenvalue weighted by atomic mass is 9.83. The summed E-state index contributed by atoms with van der Waals surface area (Å²) in [4.78, 5) is 12.4. The van der Waals surface area contributed by atoms with Crippen LogP contribution in [0.15, 0.2) is 78.2 Å². The number of nitriles is 1. The lowest BCUT2D eigenvalue weighted by molar-refractivity contribution is -0.136. The third-order valence-electron chi connectivity index (χ3n) is 5.99. The molecule has 0 aromatic heterocycles. The molecular weight excluding hydrogens is 484 g/mol. The second kappa shape index (κ2) is 12.1. The van der Waals surface area contributed by atoms with E-state index in [1.165, 1.54) is 0 Å². The minimum atomic E-state index is -0.583. The molecule has 2 N–H and O–H groups in total. The molecular formula is C30H30N2O6. The Balaban J connectivity index is 1.50. The Hall–Kier alpha value is -4.64. The van der Waals surface area contributed by atoms with Crippen LogP contribution in [0.1, 0.15) is 37.3 Å². The Morgan fingerprint density at radius 2 is 1.74 bits per heavy atom. The number of hydrogen-bond donors (Lipinski definition) is 1. The lowest BCUT2D eigenvalue weighted by Crippen LogP contribution is -2.21. The van der Waals surface area contributed by atoms with Crippen molar-refractivity contribution in [1.82, 2.24) is 0 Å². The molecule has 8 nitrogen and oxygen atoms in total. The topological polar surface area (TPSA) is 113 Å². The Morgan fingerprint density at radius 3 is 2.45 bits per heavy atom. The van der Waals surface area contributed by atoms with Crippen LogP contribution in [0.2, 0.25) is 0 Å². The molecule has 3 aromatic rings. The van der Waals surface area contributed by atoms with E-state index in [-0.39, 0.29) is 18.2 Å². The maximum Gasteiger partial charge on any atom is 0.349 e. The van der Waals surface area contributed by atoms with Gasteiger partial charge in [0.15, 0.2) is 6.61 Å². The van der Waals surface area contributed by atoms with E-state index in [2.05, 4.69) is 19.9 Å². The molecule has 196 valence electrons. The molecule has 1 aliphatic heterocycles. The van der Waals surface area contributed by atoms with Crippen molar-refractivity contribution in [3.8, 4) is 34.8 Å². The lowest BCUT2D eigenvalue weighted by Gasteiger charge is -2.27. The molecule has 3 aromatic carbocycles. The molecule has 0 saturated carbocycles. The second-order valence-electron chi connectivity index (χ2n) is 9.17. The first kappa shape index (κ1) is 26.4. The number of fused-ring (bicyclic) bond motifs is 1. The van der Waals surface area contributed by atoms with E-state index in [1.54, 1.807) is 49.6 Å². The Kier molecular flexibility index (Phi) is 8.39. The van der Waals surface area contributed by atoms with Crippen molar-refractivity contribution in [2.24, 2.45) is 11.7 Å². The maximum atomic E-state index is 12.4. The van der Waals surface area contributed by atoms with Crippen LogP contribution in [-0.4, -0.2) is 26.3 Å². The van der Waals surface area contributed by atoms with Gasteiger partial charge in [-0.05, 0) is 60.4 Å². The molecule has 1 atom stereocenters. The Bertz CT molecular complexity index is 1360. The quantitative estimate of drug-likeness (QED) is 0.286. The fraction of sp³-hybridized carbons (Fsp3) is 0.267. The number of nitrogens with zero attached hydrogens (tertiary/aromatic N) is 1. The van der Waals surface area contributed by atoms with Crippen LogP contribution in [0, 0.1) is 17.2 Å². The van der Waals surface area contributed by atoms with E-state index in [0.717, 1.165) is 23.3 Å². The number of benzene rings is 3. The minimum absolute atomic E-state index is 0.00226. The Morgan fingerprint density at radius 1 is 1.00 bits per heavy atom. The van der Waals surface area contributed by atoms with E-state index in [1.807, 2.05) is 24.3 Å². The van der Waals surface area contributed by atoms with Gasteiger partial charge in [0, 0.05) is 11.6 Å². The van der Waals surface area contributed by atoms with Gasteiger partial charge in [-0.3, -0.25) is 0 Å². The minimum Gasteiger partial charge on any atom is -0.497 e. The summed E-state index contributed by atoms with van der Waals surface area (Å²) in [5.41, 5.74) is 8.00. The highest BCUT2D eigenvalue weighted by atomic mass is 16.6. The van der Waals surface area contributed by atoms with Crippen molar-refractivity contribution in [3.63, 3.8) is 0 Å². The smallest absolute Gasteiger partial charge is 0.349 e. The normalized spacial score (nSPS) is 14.2. The summed E-state index contributed by atoms with van der Waals surface area (Å²) < 4.78 is 27.7. The highest BCUT2D eigenvalue weighted by Crippen LogP contribution is 2.44. The third kappa shape index (κ3) is 6.37. The fourth-order valence-electron chi connectivity index (χ4n) is 4.01. The molecule has 1 unspecified atom stereocenters. The van der Waals surface area contributed by atoms with Gasteiger partial charge < -0.3 is 29.4 Å². The van der Waals surface area contributed by atoms with Crippen molar-refractivity contribution in [1.29, 1.82) is 5.26 Å². The van der Waals surface area contributed by atoms with Crippen LogP contribution in [0.25, 0.3) is 0 Å². The summed E-state index contributed by atoms with van der Waals surface area (Å²) in [6.07, 6.45) is 0.938. The van der Waals surface area contributed by atoms with Gasteiger partial charge >= 0.3 is 5.97 Å². The highest BCUT2D eigenvalue weighted by molar-refractivity contribution is 5.74. The molecule has 8 heteroatoms. The maximum absolute atomic E-state index is 12.4. The van der Waals surface area contributed by atoms with Gasteiger partial charge in [0.2, 0.25) is 5.88 Å². The van der Waals surface area contributed by atoms with Gasteiger partial charge in [-0.15, -0.1) is 0 Å². The number of methoxy groups -OCH3 is 1. The number of esters is 1. The van der Waals surface area contributed by atoms with E-state index < -0.39 is 11.9 Å². The van der Waals surface area contributed by atoms with Crippen LogP contribution in [0.4, 0.5) is 0 Å². The van der Waals surface area contributed by atoms with Gasteiger partial charge in [-0.2, -0.15) is 5.26 Å². The first-order valence-electron chi connectivity index (χ1n) is 12.3. The van der Waals surface area contributed by atoms with Crippen molar-refractivity contribution in [2.75, 3.05) is 20.3 Å². The van der Waals surface area contributed by atoms with Gasteiger partial charge in [-0.25, -0.2) is 4.79 Å². The molecule has 38 heavy (non-hydrogen) atoms. The number of nitrogens with two attached hydrogens (primary N) is 1. The molecule has 4 rings (SSSR count). The van der Waals surface area contributed by atoms with E-state index >= 15 is 0 Å². The average Bonchev–Trinajstić information content (AvgIpc) is 2.91. The first-order valence-corrected chi connectivity index (χ1v) is 12.3.